The van der Waals surface area contributed by atoms with Gasteiger partial charge in [0, 0.05) is 32.0 Å². The molecule has 1 heterocycles. The van der Waals surface area contributed by atoms with Crippen LogP contribution in [0.4, 0.5) is 9.18 Å². The average Bonchev–Trinajstić information content (AvgIpc) is 3.06. The minimum Gasteiger partial charge on any atom is -0.334 e. The van der Waals surface area contributed by atoms with Crippen molar-refractivity contribution in [3.63, 3.8) is 0 Å². The van der Waals surface area contributed by atoms with E-state index in [-0.39, 0.29) is 11.8 Å². The van der Waals surface area contributed by atoms with Crippen molar-refractivity contribution >= 4 is 6.03 Å². The van der Waals surface area contributed by atoms with E-state index >= 15 is 0 Å². The summed E-state index contributed by atoms with van der Waals surface area (Å²) >= 11 is 0. The van der Waals surface area contributed by atoms with E-state index in [9.17, 15) is 9.18 Å². The predicted octanol–water partition coefficient (Wildman–Crippen LogP) is 3.69. The van der Waals surface area contributed by atoms with Gasteiger partial charge in [0.1, 0.15) is 11.6 Å². The van der Waals surface area contributed by atoms with Crippen LogP contribution < -0.4 is 10.6 Å². The minimum absolute atomic E-state index is 0.242. The standard InChI is InChI=1S/C21H23FN4O/c1-15-10-18(6-7-20(15)22)13-25-21(27)24-12-17-4-3-5-19(11-17)14-26-9-8-23-16(26)2/h3-11H,12-14H2,1-2H3,(H2,24,25,27). The number of nitrogens with zero attached hydrogens (tertiary/aromatic N) is 2. The summed E-state index contributed by atoms with van der Waals surface area (Å²) in [6, 6.07) is 12.7. The van der Waals surface area contributed by atoms with Crippen LogP contribution >= 0.6 is 0 Å². The number of aromatic nitrogens is 2. The molecule has 0 unspecified atom stereocenters. The molecular weight excluding hydrogens is 343 g/mol. The molecule has 3 rings (SSSR count). The van der Waals surface area contributed by atoms with Crippen molar-refractivity contribution in [3.8, 4) is 0 Å². The topological polar surface area (TPSA) is 59.0 Å². The van der Waals surface area contributed by atoms with Gasteiger partial charge in [-0.3, -0.25) is 0 Å². The second kappa shape index (κ2) is 8.49. The van der Waals surface area contributed by atoms with Gasteiger partial charge in [0.2, 0.25) is 0 Å². The lowest BCUT2D eigenvalue weighted by molar-refractivity contribution is 0.240. The maximum atomic E-state index is 13.3. The number of amides is 2. The van der Waals surface area contributed by atoms with Gasteiger partial charge in [-0.2, -0.15) is 0 Å². The van der Waals surface area contributed by atoms with Gasteiger partial charge < -0.3 is 15.2 Å². The Labute approximate surface area is 158 Å². The van der Waals surface area contributed by atoms with Crippen LogP contribution in [-0.4, -0.2) is 15.6 Å². The Kier molecular flexibility index (Phi) is 5.86. The second-order valence-corrected chi connectivity index (χ2v) is 6.54. The summed E-state index contributed by atoms with van der Waals surface area (Å²) in [5.74, 6) is 0.725. The van der Waals surface area contributed by atoms with Gasteiger partial charge >= 0.3 is 6.03 Å². The van der Waals surface area contributed by atoms with Crippen molar-refractivity contribution in [1.29, 1.82) is 0 Å². The first-order valence-electron chi connectivity index (χ1n) is 8.83. The van der Waals surface area contributed by atoms with Crippen LogP contribution in [0.5, 0.6) is 0 Å². The SMILES string of the molecule is Cc1cc(CNC(=O)NCc2cccc(Cn3ccnc3C)c2)ccc1F. The van der Waals surface area contributed by atoms with E-state index in [1.165, 1.54) is 6.07 Å². The third-order valence-corrected chi connectivity index (χ3v) is 4.40. The van der Waals surface area contributed by atoms with E-state index in [0.717, 1.165) is 29.1 Å². The number of urea groups is 1. The van der Waals surface area contributed by atoms with E-state index in [4.69, 9.17) is 0 Å². The lowest BCUT2D eigenvalue weighted by Crippen LogP contribution is -2.34. The number of carbonyl (C=O) groups excluding carboxylic acids is 1. The van der Waals surface area contributed by atoms with Crippen LogP contribution in [0, 0.1) is 19.7 Å². The number of rotatable bonds is 6. The van der Waals surface area contributed by atoms with E-state index in [0.29, 0.717) is 18.7 Å². The first-order valence-corrected chi connectivity index (χ1v) is 8.83. The molecule has 1 aromatic heterocycles. The van der Waals surface area contributed by atoms with Crippen molar-refractivity contribution in [2.24, 2.45) is 0 Å². The van der Waals surface area contributed by atoms with Crippen LogP contribution in [0.3, 0.4) is 0 Å². The summed E-state index contributed by atoms with van der Waals surface area (Å²) in [5.41, 5.74) is 3.61. The Morgan fingerprint density at radius 3 is 2.41 bits per heavy atom. The van der Waals surface area contributed by atoms with Gasteiger partial charge in [-0.05, 0) is 42.2 Å². The Morgan fingerprint density at radius 2 is 1.74 bits per heavy atom. The normalized spacial score (nSPS) is 10.6. The Bertz CT molecular complexity index is 935. The number of halogens is 1. The molecular formula is C21H23FN4O. The summed E-state index contributed by atoms with van der Waals surface area (Å²) in [6.45, 7) is 5.21. The largest absolute Gasteiger partial charge is 0.334 e. The highest BCUT2D eigenvalue weighted by Gasteiger charge is 2.04. The average molecular weight is 366 g/mol. The quantitative estimate of drug-likeness (QED) is 0.699. The van der Waals surface area contributed by atoms with E-state index in [1.807, 2.05) is 25.3 Å². The Morgan fingerprint density at radius 1 is 1.04 bits per heavy atom. The molecule has 0 radical (unpaired) electrons. The number of carbonyl (C=O) groups is 1. The lowest BCUT2D eigenvalue weighted by Gasteiger charge is -2.10. The molecule has 5 nitrogen and oxygen atoms in total. The molecule has 2 aromatic carbocycles. The van der Waals surface area contributed by atoms with Gasteiger partial charge in [0.05, 0.1) is 0 Å². The molecule has 3 aromatic rings. The van der Waals surface area contributed by atoms with Crippen LogP contribution in [0.1, 0.15) is 28.1 Å². The van der Waals surface area contributed by atoms with Gasteiger partial charge in [-0.15, -0.1) is 0 Å². The zero-order valence-corrected chi connectivity index (χ0v) is 15.5. The molecule has 0 saturated carbocycles. The fourth-order valence-corrected chi connectivity index (χ4v) is 2.85. The molecule has 0 spiro atoms. The monoisotopic (exact) mass is 366 g/mol. The first-order chi connectivity index (χ1) is 13.0. The highest BCUT2D eigenvalue weighted by molar-refractivity contribution is 5.73. The third kappa shape index (κ3) is 5.17. The van der Waals surface area contributed by atoms with Crippen molar-refractivity contribution in [2.45, 2.75) is 33.5 Å². The van der Waals surface area contributed by atoms with Gasteiger partial charge in [-0.25, -0.2) is 14.2 Å². The van der Waals surface area contributed by atoms with Crippen LogP contribution in [0.25, 0.3) is 0 Å². The summed E-state index contributed by atoms with van der Waals surface area (Å²) in [6.07, 6.45) is 3.73. The summed E-state index contributed by atoms with van der Waals surface area (Å²) < 4.78 is 15.3. The molecule has 2 amide bonds. The Hall–Kier alpha value is -3.15. The highest BCUT2D eigenvalue weighted by atomic mass is 19.1. The zero-order valence-electron chi connectivity index (χ0n) is 15.5. The summed E-state index contributed by atoms with van der Waals surface area (Å²) in [4.78, 5) is 16.2. The first kappa shape index (κ1) is 18.6. The fraction of sp³-hybridized carbons (Fsp3) is 0.238. The van der Waals surface area contributed by atoms with Crippen molar-refractivity contribution < 1.29 is 9.18 Å². The maximum Gasteiger partial charge on any atom is 0.315 e. The summed E-state index contributed by atoms with van der Waals surface area (Å²) in [7, 11) is 0. The molecule has 27 heavy (non-hydrogen) atoms. The van der Waals surface area contributed by atoms with Crippen LogP contribution in [-0.2, 0) is 19.6 Å². The van der Waals surface area contributed by atoms with E-state index < -0.39 is 0 Å². The molecule has 0 aliphatic carbocycles. The highest BCUT2D eigenvalue weighted by Crippen LogP contribution is 2.10. The number of hydrogen-bond donors (Lipinski definition) is 2. The van der Waals surface area contributed by atoms with E-state index in [1.54, 1.807) is 25.3 Å². The number of benzene rings is 2. The Balaban J connectivity index is 1.50. The number of aryl methyl sites for hydroxylation is 2. The van der Waals surface area contributed by atoms with Crippen molar-refractivity contribution in [3.05, 3.63) is 88.8 Å². The van der Waals surface area contributed by atoms with Gasteiger partial charge in [0.25, 0.3) is 0 Å². The molecule has 0 bridgehead atoms. The molecule has 0 aliphatic heterocycles. The third-order valence-electron chi connectivity index (χ3n) is 4.40. The molecule has 0 atom stereocenters. The van der Waals surface area contributed by atoms with Gasteiger partial charge in [-0.1, -0.05) is 36.4 Å². The summed E-state index contributed by atoms with van der Waals surface area (Å²) in [5, 5.41) is 5.64. The molecule has 2 N–H and O–H groups in total. The number of imidazole rings is 1. The smallest absolute Gasteiger partial charge is 0.315 e. The molecule has 0 saturated heterocycles. The number of hydrogen-bond acceptors (Lipinski definition) is 2. The fourth-order valence-electron chi connectivity index (χ4n) is 2.85. The second-order valence-electron chi connectivity index (χ2n) is 6.54. The molecule has 0 aliphatic rings. The molecule has 0 fully saturated rings. The molecule has 140 valence electrons. The van der Waals surface area contributed by atoms with Crippen molar-refractivity contribution in [1.82, 2.24) is 20.2 Å². The predicted molar refractivity (Wildman–Crippen MR) is 103 cm³/mol. The van der Waals surface area contributed by atoms with Crippen LogP contribution in [0.2, 0.25) is 0 Å². The zero-order chi connectivity index (χ0) is 19.2. The maximum absolute atomic E-state index is 13.3. The number of nitrogens with one attached hydrogen (secondary N) is 2. The molecule has 6 heteroatoms. The lowest BCUT2D eigenvalue weighted by atomic mass is 10.1. The van der Waals surface area contributed by atoms with Crippen LogP contribution in [0.15, 0.2) is 54.9 Å². The van der Waals surface area contributed by atoms with Crippen molar-refractivity contribution in [2.75, 3.05) is 0 Å². The van der Waals surface area contributed by atoms with E-state index in [2.05, 4.69) is 32.3 Å². The minimum atomic E-state index is -0.257. The van der Waals surface area contributed by atoms with Gasteiger partial charge in [0.15, 0.2) is 0 Å².